The van der Waals surface area contributed by atoms with E-state index in [0.717, 1.165) is 55.8 Å². The van der Waals surface area contributed by atoms with Gasteiger partial charge < -0.3 is 32.6 Å². The van der Waals surface area contributed by atoms with Gasteiger partial charge in [-0.3, -0.25) is 9.36 Å². The van der Waals surface area contributed by atoms with Crippen LogP contribution in [0, 0.1) is 46.3 Å². The van der Waals surface area contributed by atoms with Gasteiger partial charge in [0.05, 0.1) is 27.7 Å². The molecule has 3 saturated carbocycles. The molecular formula is C54H98NO9P. The van der Waals surface area contributed by atoms with Crippen LogP contribution in [-0.2, 0) is 32.6 Å². The Labute approximate surface area is 398 Å². The third-order valence-electron chi connectivity index (χ3n) is 16.6. The van der Waals surface area contributed by atoms with Crippen LogP contribution in [0.1, 0.15) is 215 Å². The minimum absolute atomic E-state index is 0.0532. The lowest BCUT2D eigenvalue weighted by Crippen LogP contribution is -2.51. The molecule has 0 aliphatic heterocycles. The van der Waals surface area contributed by atoms with Crippen molar-refractivity contribution in [2.45, 2.75) is 227 Å². The lowest BCUT2D eigenvalue weighted by atomic mass is 9.47. The van der Waals surface area contributed by atoms with Crippen LogP contribution in [0.3, 0.4) is 0 Å². The minimum atomic E-state index is -4.71. The van der Waals surface area contributed by atoms with Crippen molar-refractivity contribution in [3.63, 3.8) is 0 Å². The summed E-state index contributed by atoms with van der Waals surface area (Å²) >= 11 is 0. The first-order chi connectivity index (χ1) is 30.9. The first-order valence-corrected chi connectivity index (χ1v) is 28.5. The lowest BCUT2D eigenvalue weighted by molar-refractivity contribution is -0.870. The molecule has 4 rings (SSSR count). The van der Waals surface area contributed by atoms with Crippen molar-refractivity contribution >= 4 is 19.9 Å². The molecule has 0 aromatic rings. The zero-order chi connectivity index (χ0) is 47.5. The van der Waals surface area contributed by atoms with E-state index in [1.807, 2.05) is 21.1 Å². The Morgan fingerprint density at radius 3 is 2.03 bits per heavy atom. The number of esters is 1. The van der Waals surface area contributed by atoms with Gasteiger partial charge in [0.1, 0.15) is 25.9 Å². The molecule has 0 radical (unpaired) electrons. The van der Waals surface area contributed by atoms with Gasteiger partial charge in [-0.2, -0.15) is 0 Å². The normalized spacial score (nSPS) is 28.4. The summed E-state index contributed by atoms with van der Waals surface area (Å²) in [6, 6.07) is 0. The number of allylic oxidation sites excluding steroid dienone is 1. The Kier molecular flexibility index (Phi) is 23.9. The molecule has 10 nitrogen and oxygen atoms in total. The first kappa shape index (κ1) is 56.1. The Balaban J connectivity index is 1.22. The maximum atomic E-state index is 13.4. The van der Waals surface area contributed by atoms with Gasteiger partial charge in [-0.1, -0.05) is 162 Å². The third-order valence-corrected chi connectivity index (χ3v) is 17.6. The van der Waals surface area contributed by atoms with E-state index in [-0.39, 0.29) is 31.2 Å². The molecule has 0 aromatic carbocycles. The van der Waals surface area contributed by atoms with Crippen LogP contribution in [0.5, 0.6) is 0 Å². The number of likely N-dealkylation sites (N-methyl/N-ethyl adjacent to an activating group) is 1. The molecule has 0 heterocycles. The van der Waals surface area contributed by atoms with E-state index in [9.17, 15) is 19.0 Å². The molecule has 0 spiro atoms. The summed E-state index contributed by atoms with van der Waals surface area (Å²) in [6.07, 6.45) is 31.8. The van der Waals surface area contributed by atoms with Crippen molar-refractivity contribution in [1.29, 1.82) is 0 Å². The van der Waals surface area contributed by atoms with Crippen LogP contribution in [-0.4, -0.2) is 76.3 Å². The van der Waals surface area contributed by atoms with Crippen LogP contribution in [0.25, 0.3) is 0 Å². The van der Waals surface area contributed by atoms with Gasteiger partial charge >= 0.3 is 12.1 Å². The Morgan fingerprint density at radius 2 is 1.42 bits per heavy atom. The van der Waals surface area contributed by atoms with Gasteiger partial charge in [0.15, 0.2) is 6.10 Å². The number of fused-ring (bicyclic) bond motifs is 5. The topological polar surface area (TPSA) is 120 Å². The van der Waals surface area contributed by atoms with Gasteiger partial charge in [0.25, 0.3) is 7.82 Å². The summed E-state index contributed by atoms with van der Waals surface area (Å²) < 4.78 is 40.6. The smallest absolute Gasteiger partial charge is 0.509 e. The summed E-state index contributed by atoms with van der Waals surface area (Å²) in [5, 5.41) is 0. The highest BCUT2D eigenvalue weighted by Gasteiger charge is 2.59. The number of unbranched alkanes of at least 4 members (excludes halogenated alkanes) is 14. The average Bonchev–Trinajstić information content (AvgIpc) is 3.60. The quantitative estimate of drug-likeness (QED) is 0.0213. The van der Waals surface area contributed by atoms with Gasteiger partial charge in [0, 0.05) is 12.8 Å². The zero-order valence-electron chi connectivity index (χ0n) is 43.2. The number of phosphoric ester groups is 1. The van der Waals surface area contributed by atoms with Crippen molar-refractivity contribution in [3.05, 3.63) is 11.6 Å². The number of carbonyl (C=O) groups is 2. The first-order valence-electron chi connectivity index (χ1n) is 27.0. The fraction of sp³-hybridized carbons (Fsp3) is 0.926. The largest absolute Gasteiger partial charge is 0.756 e. The number of rotatable bonds is 32. The standard InChI is InChI=1S/C54H98NO9P/c1-10-11-12-13-14-15-16-17-18-19-20-21-22-23-24-28-51(56)60-40-46(41-62-65(58,59)61-38-37-55(7,8)9)64-52(57)63-45-33-35-53(5)44(39-45)29-30-47-49-32-31-48(43(4)27-25-26-42(2)3)54(49,6)36-34-50(47)53/h29,42-43,45-50H,10-28,30-41H2,1-9H3/t43-,45+,46+,47+,48-,49+,50+,53+,54-/m1/s1. The van der Waals surface area contributed by atoms with Crippen LogP contribution in [0.4, 0.5) is 4.79 Å². The summed E-state index contributed by atoms with van der Waals surface area (Å²) in [6.45, 7) is 14.1. The summed E-state index contributed by atoms with van der Waals surface area (Å²) in [5.74, 6) is 4.13. The maximum absolute atomic E-state index is 13.4. The predicted molar refractivity (Wildman–Crippen MR) is 261 cm³/mol. The molecule has 0 amide bonds. The molecule has 10 atom stereocenters. The average molecular weight is 936 g/mol. The highest BCUT2D eigenvalue weighted by Crippen LogP contribution is 2.67. The highest BCUT2D eigenvalue weighted by molar-refractivity contribution is 7.45. The molecule has 65 heavy (non-hydrogen) atoms. The van der Waals surface area contributed by atoms with Crippen LogP contribution < -0.4 is 4.89 Å². The number of hydrogen-bond donors (Lipinski definition) is 0. The number of ether oxygens (including phenoxy) is 3. The fourth-order valence-corrected chi connectivity index (χ4v) is 13.4. The van der Waals surface area contributed by atoms with E-state index in [1.165, 1.54) is 128 Å². The van der Waals surface area contributed by atoms with Crippen molar-refractivity contribution < 1.29 is 46.8 Å². The summed E-state index contributed by atoms with van der Waals surface area (Å²) in [7, 11) is 1.09. The van der Waals surface area contributed by atoms with Crippen LogP contribution in [0.2, 0.25) is 0 Å². The summed E-state index contributed by atoms with van der Waals surface area (Å²) in [5.41, 5.74) is 1.95. The molecule has 11 heteroatoms. The third kappa shape index (κ3) is 18.8. The van der Waals surface area contributed by atoms with Crippen molar-refractivity contribution in [2.75, 3.05) is 47.5 Å². The molecule has 1 unspecified atom stereocenters. The van der Waals surface area contributed by atoms with Crippen molar-refractivity contribution in [1.82, 2.24) is 0 Å². The molecule has 0 aromatic heterocycles. The van der Waals surface area contributed by atoms with E-state index in [2.05, 4.69) is 47.6 Å². The number of phosphoric acid groups is 1. The Morgan fingerprint density at radius 1 is 0.785 bits per heavy atom. The molecule has 4 aliphatic rings. The highest BCUT2D eigenvalue weighted by atomic mass is 31.2. The van der Waals surface area contributed by atoms with Crippen LogP contribution in [0.15, 0.2) is 11.6 Å². The van der Waals surface area contributed by atoms with Gasteiger partial charge in [-0.05, 0) is 97.7 Å². The second-order valence-corrected chi connectivity index (χ2v) is 24.6. The molecule has 4 aliphatic carbocycles. The van der Waals surface area contributed by atoms with E-state index >= 15 is 0 Å². The predicted octanol–water partition coefficient (Wildman–Crippen LogP) is 13.9. The molecule has 3 fully saturated rings. The number of carbonyl (C=O) groups excluding carboxylic acids is 2. The Hall–Kier alpha value is -1.45. The summed E-state index contributed by atoms with van der Waals surface area (Å²) in [4.78, 5) is 38.8. The molecule has 0 bridgehead atoms. The number of nitrogens with zero attached hydrogens (tertiary/aromatic N) is 1. The second kappa shape index (κ2) is 27.7. The second-order valence-electron chi connectivity index (χ2n) is 23.2. The van der Waals surface area contributed by atoms with E-state index in [4.69, 9.17) is 23.3 Å². The molecule has 378 valence electrons. The molecular weight excluding hydrogens is 838 g/mol. The van der Waals surface area contributed by atoms with Crippen LogP contribution >= 0.6 is 7.82 Å². The van der Waals surface area contributed by atoms with Gasteiger partial charge in [-0.15, -0.1) is 0 Å². The van der Waals surface area contributed by atoms with Crippen molar-refractivity contribution in [2.24, 2.45) is 46.3 Å². The van der Waals surface area contributed by atoms with Gasteiger partial charge in [-0.25, -0.2) is 4.79 Å². The maximum Gasteiger partial charge on any atom is 0.509 e. The van der Waals surface area contributed by atoms with Crippen molar-refractivity contribution in [3.8, 4) is 0 Å². The monoisotopic (exact) mass is 936 g/mol. The number of hydrogen-bond acceptors (Lipinski definition) is 9. The Bertz CT molecular complexity index is 1480. The van der Waals surface area contributed by atoms with Gasteiger partial charge in [0.2, 0.25) is 0 Å². The fourth-order valence-electron chi connectivity index (χ4n) is 12.7. The lowest BCUT2D eigenvalue weighted by Gasteiger charge is -2.58. The van der Waals surface area contributed by atoms with E-state index in [1.54, 1.807) is 0 Å². The minimum Gasteiger partial charge on any atom is -0.756 e. The van der Waals surface area contributed by atoms with E-state index in [0.29, 0.717) is 41.1 Å². The van der Waals surface area contributed by atoms with E-state index < -0.39 is 32.7 Å². The SMILES string of the molecule is CCCCCCCCCCCCCCCCCC(=O)OC[C@@H](COP(=O)([O-])OCC[N+](C)(C)C)OC(=O)O[C@H]1CC[C@@]2(C)C(=CC[C@H]3[C@@H]4CC[C@H]([C@H](C)CCCC(C)C)[C@@]4(C)CC[C@@H]32)C1. The number of quaternary nitrogens is 1. The molecule has 0 saturated heterocycles. The molecule has 0 N–H and O–H groups in total. The zero-order valence-corrected chi connectivity index (χ0v) is 44.1.